The van der Waals surface area contributed by atoms with Gasteiger partial charge in [0.1, 0.15) is 0 Å². The Morgan fingerprint density at radius 2 is 1.19 bits per heavy atom. The number of anilines is 3. The van der Waals surface area contributed by atoms with Crippen molar-refractivity contribution in [2.24, 2.45) is 0 Å². The summed E-state index contributed by atoms with van der Waals surface area (Å²) >= 11 is 5.28. The van der Waals surface area contributed by atoms with Gasteiger partial charge in [-0.15, -0.1) is 0 Å². The van der Waals surface area contributed by atoms with Crippen LogP contribution in [0.3, 0.4) is 0 Å². The molecule has 2 rings (SSSR count). The first kappa shape index (κ1) is 25.9. The Morgan fingerprint density at radius 1 is 0.688 bits per heavy atom. The number of carbonyl (C=O) groups is 1. The lowest BCUT2D eigenvalue weighted by Crippen LogP contribution is -2.33. The molecule has 0 bridgehead atoms. The van der Waals surface area contributed by atoms with Crippen molar-refractivity contribution in [3.8, 4) is 0 Å². The second kappa shape index (κ2) is 16.3. The van der Waals surface area contributed by atoms with E-state index >= 15 is 0 Å². The molecule has 2 aromatic rings. The maximum atomic E-state index is 12.1. The highest BCUT2D eigenvalue weighted by atomic mass is 32.1. The number of carbonyl (C=O) groups excluding carboxylic acids is 1. The number of rotatable bonds is 15. The van der Waals surface area contributed by atoms with Gasteiger partial charge in [0, 0.05) is 23.5 Å². The monoisotopic (exact) mass is 453 g/mol. The third-order valence-electron chi connectivity index (χ3n) is 5.47. The summed E-state index contributed by atoms with van der Waals surface area (Å²) in [5.74, 6) is -0.0132. The zero-order chi connectivity index (χ0) is 22.9. The van der Waals surface area contributed by atoms with E-state index in [-0.39, 0.29) is 5.91 Å². The molecular formula is C27H39N3OS. The maximum Gasteiger partial charge on any atom is 0.226 e. The quantitative estimate of drug-likeness (QED) is 0.189. The number of para-hydroxylation sites is 1. The zero-order valence-electron chi connectivity index (χ0n) is 19.5. The molecule has 4 nitrogen and oxygen atoms in total. The van der Waals surface area contributed by atoms with E-state index in [9.17, 15) is 4.79 Å². The van der Waals surface area contributed by atoms with Crippen LogP contribution in [-0.2, 0) is 4.79 Å². The molecule has 5 heteroatoms. The van der Waals surface area contributed by atoms with Gasteiger partial charge in [-0.25, -0.2) is 0 Å². The van der Waals surface area contributed by atoms with Crippen LogP contribution < -0.4 is 16.0 Å². The minimum Gasteiger partial charge on any atom is -0.356 e. The van der Waals surface area contributed by atoms with Crippen molar-refractivity contribution in [3.05, 3.63) is 54.6 Å². The van der Waals surface area contributed by atoms with E-state index in [2.05, 4.69) is 22.9 Å². The minimum atomic E-state index is -0.0132. The molecule has 0 spiro atoms. The van der Waals surface area contributed by atoms with Crippen molar-refractivity contribution >= 4 is 40.3 Å². The third kappa shape index (κ3) is 11.8. The van der Waals surface area contributed by atoms with Gasteiger partial charge in [0.2, 0.25) is 5.91 Å². The summed E-state index contributed by atoms with van der Waals surface area (Å²) in [6.45, 7) is 2.26. The number of hydrogen-bond donors (Lipinski definition) is 3. The summed E-state index contributed by atoms with van der Waals surface area (Å²) in [6.07, 6.45) is 14.6. The van der Waals surface area contributed by atoms with Gasteiger partial charge in [0.15, 0.2) is 5.11 Å². The highest BCUT2D eigenvalue weighted by Crippen LogP contribution is 2.18. The molecule has 174 valence electrons. The summed E-state index contributed by atoms with van der Waals surface area (Å²) in [5, 5.41) is 9.55. The van der Waals surface area contributed by atoms with Crippen LogP contribution in [0.25, 0.3) is 0 Å². The van der Waals surface area contributed by atoms with Crippen molar-refractivity contribution < 1.29 is 4.79 Å². The van der Waals surface area contributed by atoms with Gasteiger partial charge in [-0.05, 0) is 55.0 Å². The normalized spacial score (nSPS) is 10.5. The molecule has 0 aliphatic carbocycles. The topological polar surface area (TPSA) is 53.2 Å². The van der Waals surface area contributed by atoms with Crippen molar-refractivity contribution in [2.45, 2.75) is 84.0 Å². The second-order valence-electron chi connectivity index (χ2n) is 8.36. The lowest BCUT2D eigenvalue weighted by molar-refractivity contribution is -0.119. The summed E-state index contributed by atoms with van der Waals surface area (Å²) in [5.41, 5.74) is 2.88. The Labute approximate surface area is 199 Å². The summed E-state index contributed by atoms with van der Waals surface area (Å²) in [7, 11) is 0. The fraction of sp³-hybridized carbons (Fsp3) is 0.481. The third-order valence-corrected chi connectivity index (χ3v) is 5.67. The SMILES string of the molecule is CCCCCCCCCCCCCC(=O)NC(=S)Nc1ccc(Nc2ccccc2)cc1. The van der Waals surface area contributed by atoms with Crippen LogP contribution in [0.1, 0.15) is 84.0 Å². The van der Waals surface area contributed by atoms with Gasteiger partial charge in [0.05, 0.1) is 0 Å². The molecular weight excluding hydrogens is 414 g/mol. The fourth-order valence-electron chi connectivity index (χ4n) is 3.63. The molecule has 32 heavy (non-hydrogen) atoms. The Bertz CT molecular complexity index is 777. The Balaban J connectivity index is 1.52. The molecule has 0 saturated heterocycles. The summed E-state index contributed by atoms with van der Waals surface area (Å²) < 4.78 is 0. The molecule has 2 aromatic carbocycles. The van der Waals surface area contributed by atoms with Crippen LogP contribution in [0.4, 0.5) is 17.1 Å². The Hall–Kier alpha value is -2.40. The number of thiocarbonyl (C=S) groups is 1. The first-order valence-corrected chi connectivity index (χ1v) is 12.6. The van der Waals surface area contributed by atoms with Crippen LogP contribution >= 0.6 is 12.2 Å². The Kier molecular flexibility index (Phi) is 13.1. The number of benzene rings is 2. The number of hydrogen-bond acceptors (Lipinski definition) is 3. The molecule has 0 heterocycles. The molecule has 0 saturated carbocycles. The van der Waals surface area contributed by atoms with Crippen LogP contribution in [0.5, 0.6) is 0 Å². The van der Waals surface area contributed by atoms with Gasteiger partial charge in [-0.3, -0.25) is 4.79 Å². The smallest absolute Gasteiger partial charge is 0.226 e. The van der Waals surface area contributed by atoms with Crippen LogP contribution in [0, 0.1) is 0 Å². The first-order valence-electron chi connectivity index (χ1n) is 12.2. The molecule has 0 unspecified atom stereocenters. The van der Waals surface area contributed by atoms with Crippen molar-refractivity contribution in [2.75, 3.05) is 10.6 Å². The molecule has 3 N–H and O–H groups in total. The highest BCUT2D eigenvalue weighted by Gasteiger charge is 2.05. The lowest BCUT2D eigenvalue weighted by Gasteiger charge is -2.11. The average Bonchev–Trinajstić information content (AvgIpc) is 2.79. The standard InChI is InChI=1S/C27H39N3OS/c1-2-3-4-5-6-7-8-9-10-11-15-18-26(31)30-27(32)29-25-21-19-24(20-22-25)28-23-16-13-12-14-17-23/h12-14,16-17,19-22,28H,2-11,15,18H2,1H3,(H2,29,30,31,32). The number of unbranched alkanes of at least 4 members (excludes halogenated alkanes) is 10. The van der Waals surface area contributed by atoms with E-state index in [4.69, 9.17) is 12.2 Å². The van der Waals surface area contributed by atoms with Gasteiger partial charge < -0.3 is 16.0 Å². The van der Waals surface area contributed by atoms with Crippen LogP contribution in [0.15, 0.2) is 54.6 Å². The predicted molar refractivity (Wildman–Crippen MR) is 142 cm³/mol. The van der Waals surface area contributed by atoms with E-state index in [1.807, 2.05) is 54.6 Å². The number of nitrogens with one attached hydrogen (secondary N) is 3. The van der Waals surface area contributed by atoms with E-state index in [0.717, 1.165) is 29.9 Å². The van der Waals surface area contributed by atoms with Gasteiger partial charge in [-0.1, -0.05) is 89.3 Å². The minimum absolute atomic E-state index is 0.0132. The van der Waals surface area contributed by atoms with Crippen molar-refractivity contribution in [1.29, 1.82) is 0 Å². The van der Waals surface area contributed by atoms with E-state index in [1.165, 1.54) is 57.8 Å². The first-order chi connectivity index (χ1) is 15.7. The zero-order valence-corrected chi connectivity index (χ0v) is 20.3. The number of amides is 1. The molecule has 0 aromatic heterocycles. The molecule has 0 radical (unpaired) electrons. The average molecular weight is 454 g/mol. The summed E-state index contributed by atoms with van der Waals surface area (Å²) in [4.78, 5) is 12.1. The molecule has 1 amide bonds. The molecule has 0 atom stereocenters. The molecule has 0 fully saturated rings. The molecule has 0 aliphatic rings. The van der Waals surface area contributed by atoms with Crippen LogP contribution in [-0.4, -0.2) is 11.0 Å². The van der Waals surface area contributed by atoms with Gasteiger partial charge >= 0.3 is 0 Å². The Morgan fingerprint density at radius 3 is 1.78 bits per heavy atom. The summed E-state index contributed by atoms with van der Waals surface area (Å²) in [6, 6.07) is 17.9. The fourth-order valence-corrected chi connectivity index (χ4v) is 3.86. The maximum absolute atomic E-state index is 12.1. The largest absolute Gasteiger partial charge is 0.356 e. The van der Waals surface area contributed by atoms with Crippen molar-refractivity contribution in [1.82, 2.24) is 5.32 Å². The van der Waals surface area contributed by atoms with Gasteiger partial charge in [-0.2, -0.15) is 0 Å². The van der Waals surface area contributed by atoms with E-state index in [0.29, 0.717) is 11.5 Å². The van der Waals surface area contributed by atoms with Gasteiger partial charge in [0.25, 0.3) is 0 Å². The van der Waals surface area contributed by atoms with E-state index < -0.39 is 0 Å². The highest BCUT2D eigenvalue weighted by molar-refractivity contribution is 7.80. The predicted octanol–water partition coefficient (Wildman–Crippen LogP) is 7.94. The lowest BCUT2D eigenvalue weighted by atomic mass is 10.1. The van der Waals surface area contributed by atoms with E-state index in [1.54, 1.807) is 0 Å². The molecule has 0 aliphatic heterocycles. The van der Waals surface area contributed by atoms with Crippen LogP contribution in [0.2, 0.25) is 0 Å². The second-order valence-corrected chi connectivity index (χ2v) is 8.76. The van der Waals surface area contributed by atoms with Crippen molar-refractivity contribution in [3.63, 3.8) is 0 Å².